The molecule has 1 heterocycles. The highest BCUT2D eigenvalue weighted by Crippen LogP contribution is 2.40. The first-order valence-electron chi connectivity index (χ1n) is 50.4. The second-order valence-electron chi connectivity index (χ2n) is 43.7. The fourth-order valence-electron chi connectivity index (χ4n) is 17.1. The molecule has 0 aliphatic carbocycles. The number of Topliss-reactive ketones (excluding diaryl/α,β-unsaturated/α-hetero) is 5. The van der Waals surface area contributed by atoms with Gasteiger partial charge >= 0.3 is 11.9 Å². The summed E-state index contributed by atoms with van der Waals surface area (Å²) in [6.07, 6.45) is -3.13. The second kappa shape index (κ2) is 54.3. The highest BCUT2D eigenvalue weighted by atomic mass is 19.1. The summed E-state index contributed by atoms with van der Waals surface area (Å²) in [5.41, 5.74) is 4.09. The number of hydrogen-bond donors (Lipinski definition) is 7. The van der Waals surface area contributed by atoms with Crippen molar-refractivity contribution >= 4 is 76.3 Å². The molecule has 8 N–H and O–H groups in total. The number of H-pyrrole nitrogens is 1. The van der Waals surface area contributed by atoms with Crippen LogP contribution >= 0.6 is 0 Å². The predicted molar refractivity (Wildman–Crippen MR) is 553 cm³/mol. The number of amides is 6. The van der Waals surface area contributed by atoms with Crippen LogP contribution in [-0.2, 0) is 118 Å². The first-order valence-corrected chi connectivity index (χ1v) is 50.4. The third-order valence-electron chi connectivity index (χ3n) is 24.4. The summed E-state index contributed by atoms with van der Waals surface area (Å²) in [5, 5.41) is 27.9. The molecule has 0 spiro atoms. The van der Waals surface area contributed by atoms with Crippen molar-refractivity contribution in [1.82, 2.24) is 47.2 Å². The molecule has 6 aromatic carbocycles. The summed E-state index contributed by atoms with van der Waals surface area (Å²) in [7, 11) is 3.01. The number of aromatic amines is 1. The van der Waals surface area contributed by atoms with Crippen molar-refractivity contribution < 1.29 is 109 Å². The van der Waals surface area contributed by atoms with Crippen molar-refractivity contribution in [2.75, 3.05) is 34.0 Å². The molecule has 1 aromatic heterocycles. The Morgan fingerprint density at radius 3 is 1.68 bits per heavy atom. The van der Waals surface area contributed by atoms with Crippen molar-refractivity contribution in [2.24, 2.45) is 28.4 Å². The Hall–Kier alpha value is -12.5. The molecule has 7 aromatic rings. The van der Waals surface area contributed by atoms with Crippen molar-refractivity contribution in [3.8, 4) is 34.1 Å². The number of nitrogens with one attached hydrogen (secondary N) is 6. The lowest BCUT2D eigenvalue weighted by molar-refractivity contribution is -0.169. The number of aromatic nitrogens is 4. The van der Waals surface area contributed by atoms with Gasteiger partial charge in [0, 0.05) is 68.4 Å². The summed E-state index contributed by atoms with van der Waals surface area (Å²) >= 11 is 0. The molecule has 0 aliphatic rings. The number of halogens is 1. The van der Waals surface area contributed by atoms with Crippen LogP contribution in [0.4, 0.5) is 4.39 Å². The van der Waals surface area contributed by atoms with Crippen LogP contribution in [0, 0.1) is 42.3 Å². The quantitative estimate of drug-likeness (QED) is 0.0106. The van der Waals surface area contributed by atoms with E-state index in [1.807, 2.05) is 56.3 Å². The number of nitrogens with two attached hydrogens (primary N) is 1. The first-order chi connectivity index (χ1) is 68.2. The number of methoxy groups -OCH3 is 2. The highest BCUT2D eigenvalue weighted by Gasteiger charge is 2.47. The van der Waals surface area contributed by atoms with E-state index < -0.39 is 239 Å². The Morgan fingerprint density at radius 1 is 0.507 bits per heavy atom. The number of aryl methyl sites for hydroxylation is 4. The number of tetrazole rings is 1. The zero-order valence-electron chi connectivity index (χ0n) is 90.3. The van der Waals surface area contributed by atoms with E-state index in [4.69, 9.17) is 48.4 Å². The maximum Gasteiger partial charge on any atom is 0.321 e. The third-order valence-corrected chi connectivity index (χ3v) is 24.4. The minimum Gasteiger partial charge on any atom is -0.497 e. The van der Waals surface area contributed by atoms with Gasteiger partial charge in [0.25, 0.3) is 5.91 Å². The third kappa shape index (κ3) is 39.7. The minimum absolute atomic E-state index is 0.00781. The molecule has 0 aliphatic heterocycles. The van der Waals surface area contributed by atoms with Gasteiger partial charge in [-0.25, -0.2) is 4.39 Å². The second-order valence-corrected chi connectivity index (χ2v) is 43.7. The van der Waals surface area contributed by atoms with Crippen LogP contribution in [0.2, 0.25) is 0 Å². The molecule has 798 valence electrons. The van der Waals surface area contributed by atoms with Gasteiger partial charge in [-0.2, -0.15) is 5.21 Å². The van der Waals surface area contributed by atoms with Crippen LogP contribution < -0.4 is 51.3 Å². The fourth-order valence-corrected chi connectivity index (χ4v) is 17.1. The Balaban J connectivity index is 1.30. The zero-order chi connectivity index (χ0) is 109. The topological polar surface area (TPSA) is 446 Å². The molecule has 33 heteroatoms. The van der Waals surface area contributed by atoms with Crippen molar-refractivity contribution in [3.05, 3.63) is 184 Å². The number of carbonyl (C=O) groups excluding carboxylic acids is 13. The van der Waals surface area contributed by atoms with Gasteiger partial charge in [-0.3, -0.25) is 62.3 Å². The average Bonchev–Trinajstić information content (AvgIpc) is 0.841. The summed E-state index contributed by atoms with van der Waals surface area (Å²) < 4.78 is 70.4. The monoisotopic (exact) mass is 2030 g/mol. The Labute approximate surface area is 860 Å². The van der Waals surface area contributed by atoms with E-state index in [-0.39, 0.29) is 37.1 Å². The van der Waals surface area contributed by atoms with Crippen LogP contribution in [0.3, 0.4) is 0 Å². The number of ether oxygens (including phenoxy) is 9. The molecule has 0 radical (unpaired) electrons. The number of benzene rings is 6. The number of carbonyl (C=O) groups is 13. The van der Waals surface area contributed by atoms with Gasteiger partial charge in [0.1, 0.15) is 57.5 Å². The SMILES string of the molecule is CCCCCOc1ccc(-c2ccc(C[C@H](CC(=O)[C@H](CC(=O)OC(C)(C)C)NC(=O)[C@H](COC(C)(C)C)CC(=O)[C@@H](NC(=O)[C@@](C)(CC(=O)[C@@H](NC(=O)CCC(=O)[C@H](Cc3nn[nH]n3)NC(=O)C(C)(C)C(=O)OC(C)(C)C)[C@@H](C)OC(C)(C)C)Cc3ccccc3F)[C@@H](C)OC(C)(C)C)C(=O)N[C@@H](CCCc3cc(C)cc(C)c3)C(=O)CC(c3ccc(OCC(N)=O)cc3)c3ccc(OC)cc3OC)cc2)c(CC)c1. The van der Waals surface area contributed by atoms with E-state index in [2.05, 4.69) is 79.3 Å². The van der Waals surface area contributed by atoms with E-state index in [0.29, 0.717) is 59.8 Å². The average molecular weight is 2030 g/mol. The number of unbranched alkanes of at least 4 members (excludes halogenated alkanes) is 2. The van der Waals surface area contributed by atoms with E-state index in [1.54, 1.807) is 146 Å². The number of hydrogen-bond acceptors (Lipinski definition) is 25. The van der Waals surface area contributed by atoms with E-state index in [9.17, 15) is 28.8 Å². The van der Waals surface area contributed by atoms with Crippen LogP contribution in [0.25, 0.3) is 11.1 Å². The van der Waals surface area contributed by atoms with Gasteiger partial charge in [-0.15, -0.1) is 10.2 Å². The Morgan fingerprint density at radius 2 is 1.10 bits per heavy atom. The van der Waals surface area contributed by atoms with E-state index in [1.165, 1.54) is 73.1 Å². The number of rotatable bonds is 58. The molecule has 7 rings (SSSR count). The standard InChI is InChI=1S/C113H157FN10O22/c1-27-29-32-52-140-82-47-48-83(74(28-2)57-82)75-40-38-72(39-41-75)56-78(102(133)116-87(37-33-34-73-54-68(3)53-69(4)55-73)92(127)61-85(84-49-46-81(138-25)60-95(84)139-26)76-42-44-80(45-43-76)141-67-96(115)130)58-91(126)89(63-99(132)145-110(16,17)18)117-103(134)79(66-142-107(7,8)9)59-93(128)100(70(5)143-108(10,11)12)120-105(136)113(24,64-77-35-30-31-36-86(77)114)65-94(129)101(71(6)144-109(13,14)15)119-98(131)51-50-90(125)88(62-97-121-123-124-122-97)118-104(135)112(22,23)106(137)146-111(19,20)21/h30-31,35-36,38-49,53-55,57,60,70-71,78-79,85,87-89,100-101H,27-29,32-34,37,50-52,56,58-59,61-67H2,1-26H3,(H2,115,130)(H,116,133)(H,117,134)(H,118,135)(H,119,131)(H,120,136)(H,121,122,123,124)/t70-,71-,78-,79+,85?,87+,88+,89+,100+,101+,113-/m1/s1. The van der Waals surface area contributed by atoms with Crippen LogP contribution in [0.1, 0.15) is 286 Å². The maximum atomic E-state index is 16.4. The molecule has 0 saturated heterocycles. The van der Waals surface area contributed by atoms with Gasteiger partial charge < -0.3 is 74.9 Å². The van der Waals surface area contributed by atoms with Gasteiger partial charge in [0.15, 0.2) is 41.3 Å². The van der Waals surface area contributed by atoms with Crippen LogP contribution in [0.5, 0.6) is 23.0 Å². The van der Waals surface area contributed by atoms with Gasteiger partial charge in [-0.05, 0) is 266 Å². The molecular weight excluding hydrogens is 1870 g/mol. The molecule has 0 bridgehead atoms. The number of nitrogens with zero attached hydrogens (tertiary/aromatic N) is 3. The largest absolute Gasteiger partial charge is 0.497 e. The number of ketones is 5. The van der Waals surface area contributed by atoms with Crippen LogP contribution in [-0.4, -0.2) is 201 Å². The van der Waals surface area contributed by atoms with Gasteiger partial charge in [0.05, 0.1) is 92.3 Å². The van der Waals surface area contributed by atoms with Crippen molar-refractivity contribution in [1.29, 1.82) is 0 Å². The van der Waals surface area contributed by atoms with Gasteiger partial charge in [0.2, 0.25) is 29.5 Å². The smallest absolute Gasteiger partial charge is 0.321 e. The fraction of sp³-hybridized carbons (Fsp3) is 0.558. The van der Waals surface area contributed by atoms with E-state index >= 15 is 38.0 Å². The number of primary amides is 1. The Kier molecular flexibility index (Phi) is 44.8. The molecular formula is C113H157FN10O22. The van der Waals surface area contributed by atoms with Crippen LogP contribution in [0.15, 0.2) is 127 Å². The zero-order valence-corrected chi connectivity index (χ0v) is 90.3. The summed E-state index contributed by atoms with van der Waals surface area (Å²) in [4.78, 5) is 194. The molecule has 11 atom stereocenters. The molecule has 6 amide bonds. The Bertz CT molecular complexity index is 5570. The summed E-state index contributed by atoms with van der Waals surface area (Å²) in [6.45, 7) is 40.0. The van der Waals surface area contributed by atoms with Crippen molar-refractivity contribution in [2.45, 2.75) is 352 Å². The summed E-state index contributed by atoms with van der Waals surface area (Å²) in [5.74, 6) is -13.0. The maximum absolute atomic E-state index is 16.4. The normalized spacial score (nSPS) is 14.5. The lowest BCUT2D eigenvalue weighted by atomic mass is 9.76. The predicted octanol–water partition coefficient (Wildman–Crippen LogP) is 15.7. The summed E-state index contributed by atoms with van der Waals surface area (Å²) in [6, 6.07) is 29.5. The molecule has 146 heavy (non-hydrogen) atoms. The molecule has 0 fully saturated rings. The minimum atomic E-state index is -2.05. The highest BCUT2D eigenvalue weighted by molar-refractivity contribution is 6.04. The first kappa shape index (κ1) is 120. The molecule has 1 unspecified atom stereocenters. The molecule has 32 nitrogen and oxygen atoms in total. The number of esters is 2. The van der Waals surface area contributed by atoms with E-state index in [0.717, 1.165) is 58.4 Å². The lowest BCUT2D eigenvalue weighted by Gasteiger charge is -2.36. The van der Waals surface area contributed by atoms with Gasteiger partial charge in [-0.1, -0.05) is 135 Å². The molecule has 0 saturated carbocycles. The van der Waals surface area contributed by atoms with Crippen molar-refractivity contribution in [3.63, 3.8) is 0 Å². The lowest BCUT2D eigenvalue weighted by Crippen LogP contribution is -2.57.